The molecule has 0 N–H and O–H groups in total. The number of hydrogen-bond acceptors (Lipinski definition) is 3. The van der Waals surface area contributed by atoms with Gasteiger partial charge >= 0.3 is 0 Å². The van der Waals surface area contributed by atoms with Crippen molar-refractivity contribution >= 4 is 0 Å². The van der Waals surface area contributed by atoms with E-state index >= 15 is 0 Å². The van der Waals surface area contributed by atoms with Gasteiger partial charge in [-0.25, -0.2) is 0 Å². The van der Waals surface area contributed by atoms with Crippen molar-refractivity contribution in [2.45, 2.75) is 59.7 Å². The molecule has 0 aliphatic carbocycles. The second kappa shape index (κ2) is 9.06. The number of benzene rings is 1. The summed E-state index contributed by atoms with van der Waals surface area (Å²) in [5, 5.41) is 0. The first kappa shape index (κ1) is 18.0. The molecule has 1 aromatic rings. The van der Waals surface area contributed by atoms with Crippen molar-refractivity contribution in [2.24, 2.45) is 0 Å². The van der Waals surface area contributed by atoms with Crippen LogP contribution in [0.25, 0.3) is 0 Å². The minimum Gasteiger partial charge on any atom is -0.491 e. The van der Waals surface area contributed by atoms with Gasteiger partial charge in [0.05, 0.1) is 6.61 Å². The SMILES string of the molecule is CCOC(C)OCCOc1ccc(C(C)C)cc1C(C)C. The Kier molecular flexibility index (Phi) is 7.76. The summed E-state index contributed by atoms with van der Waals surface area (Å²) >= 11 is 0. The van der Waals surface area contributed by atoms with Crippen molar-refractivity contribution in [1.82, 2.24) is 0 Å². The molecular formula is C18H30O3. The zero-order chi connectivity index (χ0) is 15.8. The molecule has 1 rings (SSSR count). The van der Waals surface area contributed by atoms with Crippen LogP contribution in [0.1, 0.15) is 64.5 Å². The Bertz CT molecular complexity index is 413. The largest absolute Gasteiger partial charge is 0.491 e. The van der Waals surface area contributed by atoms with Crippen LogP contribution in [-0.2, 0) is 9.47 Å². The zero-order valence-corrected chi connectivity index (χ0v) is 14.3. The lowest BCUT2D eigenvalue weighted by Gasteiger charge is -2.18. The molecule has 3 heteroatoms. The van der Waals surface area contributed by atoms with Crippen LogP contribution < -0.4 is 4.74 Å². The second-order valence-corrected chi connectivity index (χ2v) is 5.85. The summed E-state index contributed by atoms with van der Waals surface area (Å²) in [6, 6.07) is 6.49. The van der Waals surface area contributed by atoms with Crippen molar-refractivity contribution in [2.75, 3.05) is 19.8 Å². The van der Waals surface area contributed by atoms with Gasteiger partial charge in [-0.2, -0.15) is 0 Å². The molecule has 1 unspecified atom stereocenters. The molecule has 0 aliphatic heterocycles. The summed E-state index contributed by atoms with van der Waals surface area (Å²) < 4.78 is 16.7. The van der Waals surface area contributed by atoms with Gasteiger partial charge in [0.2, 0.25) is 0 Å². The minimum atomic E-state index is -0.175. The molecule has 0 aliphatic rings. The number of hydrogen-bond donors (Lipinski definition) is 0. The van der Waals surface area contributed by atoms with Crippen LogP contribution in [0.2, 0.25) is 0 Å². The smallest absolute Gasteiger partial charge is 0.154 e. The van der Waals surface area contributed by atoms with Crippen LogP contribution >= 0.6 is 0 Å². The summed E-state index contributed by atoms with van der Waals surface area (Å²) in [6.07, 6.45) is -0.175. The summed E-state index contributed by atoms with van der Waals surface area (Å²) in [7, 11) is 0. The second-order valence-electron chi connectivity index (χ2n) is 5.85. The Morgan fingerprint density at radius 1 is 0.905 bits per heavy atom. The molecule has 0 spiro atoms. The molecular weight excluding hydrogens is 264 g/mol. The highest BCUT2D eigenvalue weighted by molar-refractivity contribution is 5.40. The maximum Gasteiger partial charge on any atom is 0.154 e. The summed E-state index contributed by atoms with van der Waals surface area (Å²) in [5.41, 5.74) is 2.62. The molecule has 0 radical (unpaired) electrons. The molecule has 3 nitrogen and oxygen atoms in total. The van der Waals surface area contributed by atoms with Crippen molar-refractivity contribution in [1.29, 1.82) is 0 Å². The van der Waals surface area contributed by atoms with Gasteiger partial charge in [0.15, 0.2) is 6.29 Å². The van der Waals surface area contributed by atoms with Crippen molar-refractivity contribution in [3.05, 3.63) is 29.3 Å². The molecule has 0 saturated carbocycles. The van der Waals surface area contributed by atoms with Crippen LogP contribution in [-0.4, -0.2) is 26.1 Å². The quantitative estimate of drug-likeness (QED) is 0.487. The first-order valence-electron chi connectivity index (χ1n) is 7.95. The third kappa shape index (κ3) is 6.06. The number of rotatable bonds is 9. The molecule has 21 heavy (non-hydrogen) atoms. The van der Waals surface area contributed by atoms with Gasteiger partial charge in [-0.15, -0.1) is 0 Å². The van der Waals surface area contributed by atoms with E-state index in [-0.39, 0.29) is 6.29 Å². The monoisotopic (exact) mass is 294 g/mol. The van der Waals surface area contributed by atoms with Gasteiger partial charge in [-0.1, -0.05) is 39.8 Å². The first-order chi connectivity index (χ1) is 9.95. The fourth-order valence-corrected chi connectivity index (χ4v) is 2.16. The van der Waals surface area contributed by atoms with Gasteiger partial charge in [0.1, 0.15) is 12.4 Å². The summed E-state index contributed by atoms with van der Waals surface area (Å²) in [5.74, 6) is 1.94. The van der Waals surface area contributed by atoms with Crippen LogP contribution in [0.4, 0.5) is 0 Å². The summed E-state index contributed by atoms with van der Waals surface area (Å²) in [6.45, 7) is 14.4. The fraction of sp³-hybridized carbons (Fsp3) is 0.667. The highest BCUT2D eigenvalue weighted by atomic mass is 16.7. The Morgan fingerprint density at radius 2 is 1.62 bits per heavy atom. The Balaban J connectivity index is 2.58. The van der Waals surface area contributed by atoms with Gasteiger partial charge < -0.3 is 14.2 Å². The lowest BCUT2D eigenvalue weighted by Crippen LogP contribution is -2.17. The Morgan fingerprint density at radius 3 is 2.19 bits per heavy atom. The highest BCUT2D eigenvalue weighted by Gasteiger charge is 2.11. The molecule has 120 valence electrons. The maximum atomic E-state index is 5.88. The van der Waals surface area contributed by atoms with E-state index in [1.54, 1.807) is 0 Å². The van der Waals surface area contributed by atoms with E-state index in [9.17, 15) is 0 Å². The van der Waals surface area contributed by atoms with E-state index in [0.29, 0.717) is 31.7 Å². The van der Waals surface area contributed by atoms with Gasteiger partial charge in [0, 0.05) is 6.61 Å². The third-order valence-corrected chi connectivity index (χ3v) is 3.42. The maximum absolute atomic E-state index is 5.88. The molecule has 1 atom stereocenters. The lowest BCUT2D eigenvalue weighted by atomic mass is 9.95. The third-order valence-electron chi connectivity index (χ3n) is 3.42. The normalized spacial score (nSPS) is 13.0. The first-order valence-corrected chi connectivity index (χ1v) is 7.95. The lowest BCUT2D eigenvalue weighted by molar-refractivity contribution is -0.131. The van der Waals surface area contributed by atoms with Gasteiger partial charge in [-0.3, -0.25) is 0 Å². The van der Waals surface area contributed by atoms with Gasteiger partial charge in [-0.05, 0) is 42.9 Å². The van der Waals surface area contributed by atoms with E-state index in [4.69, 9.17) is 14.2 Å². The average molecular weight is 294 g/mol. The Labute approximate surface area is 129 Å². The van der Waals surface area contributed by atoms with Crippen LogP contribution in [0.15, 0.2) is 18.2 Å². The molecule has 0 saturated heterocycles. The van der Waals surface area contributed by atoms with Crippen LogP contribution in [0.5, 0.6) is 5.75 Å². The predicted octanol–water partition coefficient (Wildman–Crippen LogP) is 4.71. The van der Waals surface area contributed by atoms with Crippen molar-refractivity contribution < 1.29 is 14.2 Å². The molecule has 0 heterocycles. The van der Waals surface area contributed by atoms with E-state index in [1.165, 1.54) is 11.1 Å². The fourth-order valence-electron chi connectivity index (χ4n) is 2.16. The van der Waals surface area contributed by atoms with Crippen LogP contribution in [0, 0.1) is 0 Å². The topological polar surface area (TPSA) is 27.7 Å². The molecule has 1 aromatic carbocycles. The molecule has 0 amide bonds. The zero-order valence-electron chi connectivity index (χ0n) is 14.3. The highest BCUT2D eigenvalue weighted by Crippen LogP contribution is 2.30. The van der Waals surface area contributed by atoms with E-state index < -0.39 is 0 Å². The van der Waals surface area contributed by atoms with Crippen molar-refractivity contribution in [3.63, 3.8) is 0 Å². The number of ether oxygens (including phenoxy) is 3. The molecule has 0 fully saturated rings. The van der Waals surface area contributed by atoms with Crippen molar-refractivity contribution in [3.8, 4) is 5.75 Å². The van der Waals surface area contributed by atoms with E-state index in [1.807, 2.05) is 13.8 Å². The predicted molar refractivity (Wildman–Crippen MR) is 87.2 cm³/mol. The summed E-state index contributed by atoms with van der Waals surface area (Å²) in [4.78, 5) is 0. The minimum absolute atomic E-state index is 0.175. The molecule has 0 bridgehead atoms. The Hall–Kier alpha value is -1.06. The van der Waals surface area contributed by atoms with Gasteiger partial charge in [0.25, 0.3) is 0 Å². The van der Waals surface area contributed by atoms with E-state index in [0.717, 1.165) is 5.75 Å². The standard InChI is InChI=1S/C18H30O3/c1-7-19-15(6)20-10-11-21-18-9-8-16(13(2)3)12-17(18)14(4)5/h8-9,12-15H,7,10-11H2,1-6H3. The van der Waals surface area contributed by atoms with E-state index in [2.05, 4.69) is 45.9 Å². The molecule has 0 aromatic heterocycles. The van der Waals surface area contributed by atoms with Crippen LogP contribution in [0.3, 0.4) is 0 Å². The average Bonchev–Trinajstić information content (AvgIpc) is 2.43.